The number of likely N-dealkylation sites (tertiary alicyclic amines) is 1. The third-order valence-electron chi connectivity index (χ3n) is 9.58. The number of benzene rings is 3. The number of nitrogens with zero attached hydrogens (tertiary/aromatic N) is 3. The van der Waals surface area contributed by atoms with Crippen LogP contribution in [0.15, 0.2) is 48.5 Å². The summed E-state index contributed by atoms with van der Waals surface area (Å²) in [6.45, 7) is 1.13. The SMILES string of the molecule is O=C(O)c1cc2nc3n(c2cc1F)CC[C@H]1[C@@H]3[C@H](c2cccc(Cl)c2F)[C@]2(C(=O)Nc3cc(Cl)ccc32)N1CC1CC1. The van der Waals surface area contributed by atoms with Gasteiger partial charge in [0.25, 0.3) is 0 Å². The van der Waals surface area contributed by atoms with E-state index in [0.29, 0.717) is 58.6 Å². The largest absolute Gasteiger partial charge is 0.478 e. The zero-order chi connectivity index (χ0) is 29.1. The van der Waals surface area contributed by atoms with Crippen LogP contribution in [0.2, 0.25) is 10.0 Å². The van der Waals surface area contributed by atoms with E-state index < -0.39 is 40.5 Å². The molecule has 2 N–H and O–H groups in total. The first kappa shape index (κ1) is 26.1. The molecule has 4 aliphatic rings. The quantitative estimate of drug-likeness (QED) is 0.275. The molecule has 4 atom stereocenters. The minimum absolute atomic E-state index is 0.0490. The molecular weight excluding hydrogens is 585 g/mol. The van der Waals surface area contributed by atoms with E-state index in [1.807, 2.05) is 10.6 Å². The smallest absolute Gasteiger partial charge is 0.338 e. The fourth-order valence-electron chi connectivity index (χ4n) is 7.77. The number of aromatic carboxylic acids is 1. The first-order chi connectivity index (χ1) is 20.2. The van der Waals surface area contributed by atoms with E-state index in [1.54, 1.807) is 24.3 Å². The van der Waals surface area contributed by atoms with Crippen molar-refractivity contribution in [3.63, 3.8) is 0 Å². The summed E-state index contributed by atoms with van der Waals surface area (Å²) in [4.78, 5) is 33.3. The summed E-state index contributed by atoms with van der Waals surface area (Å²) in [6.07, 6.45) is 2.70. The number of anilines is 1. The average molecular weight is 609 g/mol. The van der Waals surface area contributed by atoms with Gasteiger partial charge in [-0.3, -0.25) is 9.69 Å². The van der Waals surface area contributed by atoms with E-state index in [9.17, 15) is 19.1 Å². The van der Waals surface area contributed by atoms with Crippen molar-refractivity contribution in [2.75, 3.05) is 11.9 Å². The van der Waals surface area contributed by atoms with Gasteiger partial charge in [0.1, 0.15) is 23.0 Å². The number of amides is 1. The van der Waals surface area contributed by atoms with Gasteiger partial charge in [-0.25, -0.2) is 18.6 Å². The molecule has 8 rings (SSSR count). The molecule has 3 aromatic carbocycles. The van der Waals surface area contributed by atoms with E-state index in [1.165, 1.54) is 18.2 Å². The number of hydrogen-bond acceptors (Lipinski definition) is 4. The molecule has 0 bridgehead atoms. The number of imidazole rings is 1. The summed E-state index contributed by atoms with van der Waals surface area (Å²) in [5, 5.41) is 13.0. The van der Waals surface area contributed by atoms with Crippen LogP contribution < -0.4 is 5.32 Å². The number of halogens is 4. The number of fused-ring (bicyclic) bond motifs is 7. The molecular formula is C31H24Cl2F2N4O3. The summed E-state index contributed by atoms with van der Waals surface area (Å²) in [5.74, 6) is -3.35. The Morgan fingerprint density at radius 3 is 2.69 bits per heavy atom. The molecule has 1 saturated heterocycles. The van der Waals surface area contributed by atoms with E-state index in [-0.39, 0.29) is 17.0 Å². The van der Waals surface area contributed by atoms with E-state index in [0.717, 1.165) is 18.4 Å². The Hall–Kier alpha value is -3.53. The predicted molar refractivity (Wildman–Crippen MR) is 153 cm³/mol. The molecule has 7 nitrogen and oxygen atoms in total. The van der Waals surface area contributed by atoms with Crippen LogP contribution in [0.25, 0.3) is 11.0 Å². The minimum Gasteiger partial charge on any atom is -0.478 e. The Morgan fingerprint density at radius 2 is 1.93 bits per heavy atom. The molecule has 1 saturated carbocycles. The number of carbonyl (C=O) groups is 2. The Bertz CT molecular complexity index is 1860. The summed E-state index contributed by atoms with van der Waals surface area (Å²) < 4.78 is 32.9. The number of aromatic nitrogens is 2. The van der Waals surface area contributed by atoms with Gasteiger partial charge in [-0.1, -0.05) is 41.4 Å². The summed E-state index contributed by atoms with van der Waals surface area (Å²) >= 11 is 12.7. The van der Waals surface area contributed by atoms with Crippen LogP contribution in [-0.4, -0.2) is 44.0 Å². The number of rotatable bonds is 4. The van der Waals surface area contributed by atoms with Crippen molar-refractivity contribution in [2.45, 2.75) is 49.2 Å². The molecule has 42 heavy (non-hydrogen) atoms. The number of carboxylic acids is 1. The second kappa shape index (κ2) is 8.99. The van der Waals surface area contributed by atoms with Crippen molar-refractivity contribution >= 4 is 51.8 Å². The predicted octanol–water partition coefficient (Wildman–Crippen LogP) is 6.53. The zero-order valence-electron chi connectivity index (χ0n) is 22.1. The summed E-state index contributed by atoms with van der Waals surface area (Å²) in [5.41, 5.74) is 0.660. The van der Waals surface area contributed by atoms with E-state index in [2.05, 4.69) is 10.2 Å². The van der Waals surface area contributed by atoms with Crippen LogP contribution in [0.5, 0.6) is 0 Å². The second-order valence-corrected chi connectivity index (χ2v) is 12.6. The molecule has 1 amide bonds. The fourth-order valence-corrected chi connectivity index (χ4v) is 8.13. The Morgan fingerprint density at radius 1 is 1.12 bits per heavy atom. The highest BCUT2D eigenvalue weighted by Crippen LogP contribution is 2.64. The average Bonchev–Trinajstić information content (AvgIpc) is 3.55. The molecule has 1 spiro atoms. The number of hydrogen-bond donors (Lipinski definition) is 2. The molecule has 214 valence electrons. The lowest BCUT2D eigenvalue weighted by atomic mass is 9.70. The lowest BCUT2D eigenvalue weighted by molar-refractivity contribution is -0.128. The molecule has 11 heteroatoms. The van der Waals surface area contributed by atoms with Crippen LogP contribution >= 0.6 is 23.2 Å². The first-order valence-electron chi connectivity index (χ1n) is 13.9. The first-order valence-corrected chi connectivity index (χ1v) is 14.7. The highest BCUT2D eigenvalue weighted by atomic mass is 35.5. The van der Waals surface area contributed by atoms with Crippen LogP contribution in [0, 0.1) is 17.6 Å². The third kappa shape index (κ3) is 3.44. The van der Waals surface area contributed by atoms with Gasteiger partial charge in [0.2, 0.25) is 5.91 Å². The molecule has 4 aromatic rings. The molecule has 4 heterocycles. The normalized spacial score (nSPS) is 26.4. The maximum absolute atomic E-state index is 16.1. The highest BCUT2D eigenvalue weighted by Gasteiger charge is 2.69. The van der Waals surface area contributed by atoms with Crippen molar-refractivity contribution in [2.24, 2.45) is 5.92 Å². The van der Waals surface area contributed by atoms with Crippen LogP contribution in [0.3, 0.4) is 0 Å². The fraction of sp³-hybridized carbons (Fsp3) is 0.323. The lowest BCUT2D eigenvalue weighted by Gasteiger charge is -2.40. The number of aryl methyl sites for hydroxylation is 1. The molecule has 1 aromatic heterocycles. The van der Waals surface area contributed by atoms with Gasteiger partial charge >= 0.3 is 5.97 Å². The van der Waals surface area contributed by atoms with Crippen molar-refractivity contribution < 1.29 is 23.5 Å². The van der Waals surface area contributed by atoms with Gasteiger partial charge in [-0.2, -0.15) is 0 Å². The zero-order valence-corrected chi connectivity index (χ0v) is 23.6. The lowest BCUT2D eigenvalue weighted by Crippen LogP contribution is -2.53. The molecule has 0 radical (unpaired) electrons. The Balaban J connectivity index is 1.44. The van der Waals surface area contributed by atoms with Crippen molar-refractivity contribution in [1.29, 1.82) is 0 Å². The second-order valence-electron chi connectivity index (χ2n) is 11.8. The van der Waals surface area contributed by atoms with Crippen LogP contribution in [0.1, 0.15) is 58.4 Å². The van der Waals surface area contributed by atoms with Crippen molar-refractivity contribution in [1.82, 2.24) is 14.5 Å². The van der Waals surface area contributed by atoms with E-state index >= 15 is 4.39 Å². The molecule has 1 aliphatic carbocycles. The van der Waals surface area contributed by atoms with Gasteiger partial charge in [0.05, 0.1) is 21.6 Å². The van der Waals surface area contributed by atoms with Gasteiger partial charge in [0.15, 0.2) is 0 Å². The third-order valence-corrected chi connectivity index (χ3v) is 10.1. The molecule has 0 unspecified atom stereocenters. The van der Waals surface area contributed by atoms with E-state index in [4.69, 9.17) is 28.2 Å². The topological polar surface area (TPSA) is 87.5 Å². The van der Waals surface area contributed by atoms with Crippen LogP contribution in [-0.2, 0) is 16.9 Å². The van der Waals surface area contributed by atoms with Gasteiger partial charge in [0, 0.05) is 53.3 Å². The number of nitrogens with one attached hydrogen (secondary N) is 1. The monoisotopic (exact) mass is 608 g/mol. The standard InChI is InChI=1S/C31H24Cl2F2N4O3/c32-15-6-7-18-21(10-15)37-30(42)31(18)26(16-2-1-3-19(33)27(16)35)25-23(39(31)13-14-4-5-14)8-9-38-24-12-20(34)17(29(40)41)11-22(24)36-28(25)38/h1-3,6-7,10-12,14,23,25-26H,4-5,8-9,13H2,(H,37,42)(H,40,41)/t23-,25+,26-,31+/m0/s1. The summed E-state index contributed by atoms with van der Waals surface area (Å²) in [7, 11) is 0. The number of carboxylic acid groups (broad SMARTS) is 1. The minimum atomic E-state index is -1.38. The Kier molecular flexibility index (Phi) is 5.59. The van der Waals surface area contributed by atoms with Gasteiger partial charge in [-0.15, -0.1) is 0 Å². The molecule has 2 fully saturated rings. The van der Waals surface area contributed by atoms with Crippen molar-refractivity contribution in [3.8, 4) is 0 Å². The maximum atomic E-state index is 16.1. The summed E-state index contributed by atoms with van der Waals surface area (Å²) in [6, 6.07) is 12.4. The highest BCUT2D eigenvalue weighted by molar-refractivity contribution is 6.31. The van der Waals surface area contributed by atoms with Gasteiger partial charge in [-0.05, 0) is 55.0 Å². The van der Waals surface area contributed by atoms with Crippen LogP contribution in [0.4, 0.5) is 14.5 Å². The van der Waals surface area contributed by atoms with Crippen molar-refractivity contribution in [3.05, 3.63) is 92.7 Å². The number of carbonyl (C=O) groups excluding carboxylic acids is 1. The maximum Gasteiger partial charge on any atom is 0.338 e. The van der Waals surface area contributed by atoms with Gasteiger partial charge < -0.3 is 15.0 Å². The Labute approximate surface area is 249 Å². The molecule has 3 aliphatic heterocycles.